The number of hydrogen-bond donors (Lipinski definition) is 2. The molecule has 2 saturated carbocycles. The van der Waals surface area contributed by atoms with Crippen LogP contribution in [0.15, 0.2) is 18.2 Å². The van der Waals surface area contributed by atoms with Gasteiger partial charge in [0.05, 0.1) is 4.92 Å². The van der Waals surface area contributed by atoms with Crippen LogP contribution < -0.4 is 10.6 Å². The second-order valence-electron chi connectivity index (χ2n) is 7.28. The first-order valence-corrected chi connectivity index (χ1v) is 9.49. The number of amides is 1. The smallest absolute Gasteiger partial charge is 0.293 e. The molecule has 2 aliphatic carbocycles. The van der Waals surface area contributed by atoms with Crippen LogP contribution in [0.4, 0.5) is 11.4 Å². The van der Waals surface area contributed by atoms with Crippen LogP contribution in [0.2, 0.25) is 0 Å². The topological polar surface area (TPSA) is 84.3 Å². The van der Waals surface area contributed by atoms with Gasteiger partial charge in [0.1, 0.15) is 5.69 Å². The van der Waals surface area contributed by atoms with Gasteiger partial charge in [-0.25, -0.2) is 0 Å². The maximum Gasteiger partial charge on any atom is 0.293 e. The molecule has 136 valence electrons. The Kier molecular flexibility index (Phi) is 5.89. The molecule has 0 heterocycles. The molecule has 1 aromatic carbocycles. The fourth-order valence-corrected chi connectivity index (χ4v) is 3.93. The summed E-state index contributed by atoms with van der Waals surface area (Å²) in [6.07, 6.45) is 11.1. The molecule has 2 fully saturated rings. The Balaban J connectivity index is 1.71. The number of rotatable bonds is 5. The van der Waals surface area contributed by atoms with E-state index in [2.05, 4.69) is 10.6 Å². The molecule has 3 rings (SSSR count). The Labute approximate surface area is 148 Å². The van der Waals surface area contributed by atoms with E-state index in [4.69, 9.17) is 0 Å². The number of carbonyl (C=O) groups excluding carboxylic acids is 1. The van der Waals surface area contributed by atoms with E-state index in [1.165, 1.54) is 18.9 Å². The van der Waals surface area contributed by atoms with E-state index in [-0.39, 0.29) is 23.7 Å². The van der Waals surface area contributed by atoms with Crippen LogP contribution in [-0.2, 0) is 0 Å². The van der Waals surface area contributed by atoms with Crippen LogP contribution in [-0.4, -0.2) is 22.9 Å². The molecule has 2 N–H and O–H groups in total. The molecule has 0 radical (unpaired) electrons. The van der Waals surface area contributed by atoms with Gasteiger partial charge in [-0.1, -0.05) is 38.5 Å². The first-order chi connectivity index (χ1) is 12.1. The zero-order valence-electron chi connectivity index (χ0n) is 14.6. The second kappa shape index (κ2) is 8.32. The predicted molar refractivity (Wildman–Crippen MR) is 97.9 cm³/mol. The lowest BCUT2D eigenvalue weighted by Crippen LogP contribution is -2.36. The maximum atomic E-state index is 12.4. The van der Waals surface area contributed by atoms with Gasteiger partial charge in [0, 0.05) is 23.7 Å². The van der Waals surface area contributed by atoms with Gasteiger partial charge in [-0.3, -0.25) is 14.9 Å². The molecule has 6 heteroatoms. The number of benzene rings is 1. The van der Waals surface area contributed by atoms with Crippen molar-refractivity contribution in [1.29, 1.82) is 0 Å². The van der Waals surface area contributed by atoms with Crippen LogP contribution in [0.3, 0.4) is 0 Å². The Morgan fingerprint density at radius 3 is 2.16 bits per heavy atom. The second-order valence-corrected chi connectivity index (χ2v) is 7.28. The highest BCUT2D eigenvalue weighted by molar-refractivity contribution is 5.96. The molecule has 1 aromatic rings. The molecule has 6 nitrogen and oxygen atoms in total. The highest BCUT2D eigenvalue weighted by Crippen LogP contribution is 2.29. The van der Waals surface area contributed by atoms with Gasteiger partial charge in [-0.2, -0.15) is 0 Å². The van der Waals surface area contributed by atoms with Crippen molar-refractivity contribution in [3.8, 4) is 0 Å². The Bertz CT molecular complexity index is 620. The van der Waals surface area contributed by atoms with Gasteiger partial charge in [0.2, 0.25) is 0 Å². The van der Waals surface area contributed by atoms with E-state index in [0.29, 0.717) is 11.3 Å². The number of nitrogens with one attached hydrogen (secondary N) is 2. The minimum atomic E-state index is -0.400. The minimum Gasteiger partial charge on any atom is -0.377 e. The third-order valence-corrected chi connectivity index (χ3v) is 5.36. The van der Waals surface area contributed by atoms with Crippen LogP contribution in [0.1, 0.15) is 74.6 Å². The molecule has 0 aromatic heterocycles. The summed E-state index contributed by atoms with van der Waals surface area (Å²) in [4.78, 5) is 23.5. The largest absolute Gasteiger partial charge is 0.377 e. The van der Waals surface area contributed by atoms with Gasteiger partial charge in [-0.15, -0.1) is 0 Å². The van der Waals surface area contributed by atoms with Gasteiger partial charge in [-0.05, 0) is 37.8 Å². The highest BCUT2D eigenvalue weighted by atomic mass is 16.6. The monoisotopic (exact) mass is 345 g/mol. The number of hydrogen-bond acceptors (Lipinski definition) is 4. The van der Waals surface area contributed by atoms with Crippen molar-refractivity contribution < 1.29 is 9.72 Å². The number of nitro benzene ring substituents is 1. The van der Waals surface area contributed by atoms with Gasteiger partial charge in [0.25, 0.3) is 11.6 Å². The Hall–Kier alpha value is -2.11. The fourth-order valence-electron chi connectivity index (χ4n) is 3.93. The number of nitro groups is 1. The summed E-state index contributed by atoms with van der Waals surface area (Å²) in [5, 5.41) is 17.8. The molecule has 2 aliphatic rings. The average Bonchev–Trinajstić information content (AvgIpc) is 2.63. The van der Waals surface area contributed by atoms with Crippen molar-refractivity contribution in [3.05, 3.63) is 33.9 Å². The molecule has 1 amide bonds. The van der Waals surface area contributed by atoms with Crippen molar-refractivity contribution >= 4 is 17.3 Å². The third kappa shape index (κ3) is 4.71. The van der Waals surface area contributed by atoms with E-state index >= 15 is 0 Å². The minimum absolute atomic E-state index is 0.0122. The lowest BCUT2D eigenvalue weighted by molar-refractivity contribution is -0.384. The van der Waals surface area contributed by atoms with Crippen molar-refractivity contribution in [2.75, 3.05) is 5.32 Å². The molecular weight excluding hydrogens is 318 g/mol. The summed E-state index contributed by atoms with van der Waals surface area (Å²) in [6, 6.07) is 5.26. The molecule has 0 atom stereocenters. The molecule has 0 unspecified atom stereocenters. The summed E-state index contributed by atoms with van der Waals surface area (Å²) in [5.74, 6) is -0.209. The highest BCUT2D eigenvalue weighted by Gasteiger charge is 2.22. The van der Waals surface area contributed by atoms with E-state index in [0.717, 1.165) is 51.4 Å². The SMILES string of the molecule is O=C(NC1CCCCC1)c1ccc(NC2CCCCC2)c([N+](=O)[O-])c1. The lowest BCUT2D eigenvalue weighted by atomic mass is 9.95. The standard InChI is InChI=1S/C19H27N3O3/c23-19(21-16-9-5-2-6-10-16)14-11-12-17(18(13-14)22(24)25)20-15-7-3-1-4-8-15/h11-13,15-16,20H,1-10H2,(H,21,23). The summed E-state index contributed by atoms with van der Waals surface area (Å²) in [6.45, 7) is 0. The molecule has 0 saturated heterocycles. The van der Waals surface area contributed by atoms with Gasteiger partial charge in [0.15, 0.2) is 0 Å². The van der Waals surface area contributed by atoms with Crippen molar-refractivity contribution in [3.63, 3.8) is 0 Å². The van der Waals surface area contributed by atoms with Gasteiger partial charge < -0.3 is 10.6 Å². The van der Waals surface area contributed by atoms with E-state index in [9.17, 15) is 14.9 Å². The van der Waals surface area contributed by atoms with E-state index in [1.807, 2.05) is 0 Å². The van der Waals surface area contributed by atoms with Crippen molar-refractivity contribution in [2.45, 2.75) is 76.3 Å². The number of nitrogens with zero attached hydrogens (tertiary/aromatic N) is 1. The first-order valence-electron chi connectivity index (χ1n) is 9.49. The Morgan fingerprint density at radius 2 is 1.56 bits per heavy atom. The molecular formula is C19H27N3O3. The average molecular weight is 345 g/mol. The fraction of sp³-hybridized carbons (Fsp3) is 0.632. The van der Waals surface area contributed by atoms with Crippen LogP contribution in [0, 0.1) is 10.1 Å². The normalized spacial score (nSPS) is 19.4. The summed E-state index contributed by atoms with van der Waals surface area (Å²) in [7, 11) is 0. The Morgan fingerprint density at radius 1 is 0.960 bits per heavy atom. The summed E-state index contributed by atoms with van der Waals surface area (Å²) >= 11 is 0. The quantitative estimate of drug-likeness (QED) is 0.612. The molecule has 25 heavy (non-hydrogen) atoms. The number of anilines is 1. The van der Waals surface area contributed by atoms with Crippen molar-refractivity contribution in [1.82, 2.24) is 5.32 Å². The van der Waals surface area contributed by atoms with E-state index < -0.39 is 4.92 Å². The maximum absolute atomic E-state index is 12.4. The van der Waals surface area contributed by atoms with Crippen molar-refractivity contribution in [2.24, 2.45) is 0 Å². The van der Waals surface area contributed by atoms with Crippen LogP contribution >= 0.6 is 0 Å². The predicted octanol–water partition coefficient (Wildman–Crippen LogP) is 4.40. The summed E-state index contributed by atoms with van der Waals surface area (Å²) in [5.41, 5.74) is 0.874. The molecule has 0 aliphatic heterocycles. The lowest BCUT2D eigenvalue weighted by Gasteiger charge is -2.24. The van der Waals surface area contributed by atoms with E-state index in [1.54, 1.807) is 12.1 Å². The first kappa shape index (κ1) is 17.7. The summed E-state index contributed by atoms with van der Waals surface area (Å²) < 4.78 is 0. The molecule has 0 spiro atoms. The number of carbonyl (C=O) groups is 1. The zero-order chi connectivity index (χ0) is 17.6. The van der Waals surface area contributed by atoms with Crippen LogP contribution in [0.25, 0.3) is 0 Å². The van der Waals surface area contributed by atoms with Crippen LogP contribution in [0.5, 0.6) is 0 Å². The van der Waals surface area contributed by atoms with Gasteiger partial charge >= 0.3 is 0 Å². The molecule has 0 bridgehead atoms. The third-order valence-electron chi connectivity index (χ3n) is 5.36. The zero-order valence-corrected chi connectivity index (χ0v) is 14.6.